The van der Waals surface area contributed by atoms with Gasteiger partial charge in [-0.15, -0.1) is 0 Å². The number of rotatable bonds is 7. The van der Waals surface area contributed by atoms with Gasteiger partial charge in [0.1, 0.15) is 5.54 Å². The third kappa shape index (κ3) is 4.97. The Morgan fingerprint density at radius 3 is 2.09 bits per heavy atom. The number of nitriles is 1. The van der Waals surface area contributed by atoms with Gasteiger partial charge in [-0.3, -0.25) is 0 Å². The monoisotopic (exact) mass is 464 g/mol. The van der Waals surface area contributed by atoms with Crippen LogP contribution in [0.4, 0.5) is 0 Å². The van der Waals surface area contributed by atoms with Gasteiger partial charge in [-0.1, -0.05) is 79.8 Å². The molecule has 2 aliphatic heterocycles. The Morgan fingerprint density at radius 2 is 1.55 bits per heavy atom. The van der Waals surface area contributed by atoms with Gasteiger partial charge in [0, 0.05) is 18.3 Å². The molecule has 0 amide bonds. The van der Waals surface area contributed by atoms with E-state index < -0.39 is 11.0 Å². The largest absolute Gasteiger partial charge is 0.371 e. The molecule has 2 aromatic carbocycles. The van der Waals surface area contributed by atoms with Crippen molar-refractivity contribution in [3.63, 3.8) is 0 Å². The molecule has 2 fully saturated rings. The standard InChI is InChI=1S/C27H32N2O3S/c1-19-22(30-16-20-10-6-4-7-11-20)14-23(31-17-21-12-8-5-9-13-21)25(32-19)26(2)15-24(33)29-27(26,3)18-28/h4-13,19,22-23,25H,14-17H2,1-3H3,(H,29,33)/t19-,22-,23-,25-,26+,27?/m1/s1. The molecule has 0 saturated carbocycles. The maximum atomic E-state index is 10.0. The first-order chi connectivity index (χ1) is 15.8. The summed E-state index contributed by atoms with van der Waals surface area (Å²) in [6.07, 6.45) is 0.498. The van der Waals surface area contributed by atoms with Crippen LogP contribution in [0.25, 0.3) is 0 Å². The summed E-state index contributed by atoms with van der Waals surface area (Å²) >= 11 is 5.50. The Hall–Kier alpha value is -2.30. The van der Waals surface area contributed by atoms with Crippen LogP contribution in [0.5, 0.6) is 0 Å². The first-order valence-electron chi connectivity index (χ1n) is 11.5. The van der Waals surface area contributed by atoms with E-state index in [2.05, 4.69) is 42.6 Å². The van der Waals surface area contributed by atoms with Crippen LogP contribution in [0.3, 0.4) is 0 Å². The van der Waals surface area contributed by atoms with Crippen LogP contribution in [0.2, 0.25) is 0 Å². The lowest BCUT2D eigenvalue weighted by Gasteiger charge is -2.49. The molecule has 174 valence electrons. The highest BCUT2D eigenvalue weighted by Gasteiger charge is 2.60. The van der Waals surface area contributed by atoms with Crippen LogP contribution in [0.15, 0.2) is 60.7 Å². The summed E-state index contributed by atoms with van der Waals surface area (Å²) in [5.74, 6) is 0. The predicted molar refractivity (Wildman–Crippen MR) is 131 cm³/mol. The summed E-state index contributed by atoms with van der Waals surface area (Å²) in [5.41, 5.74) is 0.868. The Balaban J connectivity index is 1.55. The SMILES string of the molecule is C[C@H]1O[C@@H]([C@]2(C)CC(=S)NC2(C)C#N)[C@H](OCc2ccccc2)C[C@H]1OCc1ccccc1. The fourth-order valence-electron chi connectivity index (χ4n) is 4.94. The van der Waals surface area contributed by atoms with Gasteiger partial charge in [0.2, 0.25) is 0 Å². The van der Waals surface area contributed by atoms with Gasteiger partial charge in [-0.05, 0) is 25.0 Å². The van der Waals surface area contributed by atoms with E-state index in [0.717, 1.165) is 11.1 Å². The van der Waals surface area contributed by atoms with Crippen LogP contribution in [0.1, 0.15) is 44.7 Å². The molecule has 5 nitrogen and oxygen atoms in total. The molecule has 33 heavy (non-hydrogen) atoms. The van der Waals surface area contributed by atoms with Crippen molar-refractivity contribution >= 4 is 17.2 Å². The topological polar surface area (TPSA) is 63.5 Å². The minimum Gasteiger partial charge on any atom is -0.371 e. The lowest BCUT2D eigenvalue weighted by atomic mass is 9.66. The van der Waals surface area contributed by atoms with E-state index in [1.165, 1.54) is 0 Å². The van der Waals surface area contributed by atoms with Crippen LogP contribution < -0.4 is 5.32 Å². The van der Waals surface area contributed by atoms with Crippen molar-refractivity contribution < 1.29 is 14.2 Å². The molecule has 2 heterocycles. The number of hydrogen-bond donors (Lipinski definition) is 1. The van der Waals surface area contributed by atoms with Crippen LogP contribution >= 0.6 is 12.2 Å². The summed E-state index contributed by atoms with van der Waals surface area (Å²) < 4.78 is 19.4. The highest BCUT2D eigenvalue weighted by molar-refractivity contribution is 7.80. The number of ether oxygens (including phenoxy) is 3. The Kier molecular flexibility index (Phi) is 7.16. The van der Waals surface area contributed by atoms with Gasteiger partial charge in [0.05, 0.1) is 48.7 Å². The van der Waals surface area contributed by atoms with E-state index in [-0.39, 0.29) is 24.4 Å². The van der Waals surface area contributed by atoms with E-state index >= 15 is 0 Å². The summed E-state index contributed by atoms with van der Waals surface area (Å²) in [4.78, 5) is 0.696. The van der Waals surface area contributed by atoms with Gasteiger partial charge in [-0.25, -0.2) is 0 Å². The molecule has 1 unspecified atom stereocenters. The highest BCUT2D eigenvalue weighted by atomic mass is 32.1. The highest BCUT2D eigenvalue weighted by Crippen LogP contribution is 2.48. The zero-order valence-corrected chi connectivity index (χ0v) is 20.3. The summed E-state index contributed by atoms with van der Waals surface area (Å²) in [5, 5.41) is 13.3. The average Bonchev–Trinajstić information content (AvgIpc) is 3.07. The number of nitrogens with zero attached hydrogens (tertiary/aromatic N) is 1. The van der Waals surface area contributed by atoms with Gasteiger partial charge in [-0.2, -0.15) is 5.26 Å². The maximum absolute atomic E-state index is 10.0. The van der Waals surface area contributed by atoms with Crippen molar-refractivity contribution in [2.45, 2.75) is 76.8 Å². The zero-order valence-electron chi connectivity index (χ0n) is 19.5. The molecule has 6 heteroatoms. The Labute approximate surface area is 202 Å². The second-order valence-electron chi connectivity index (χ2n) is 9.55. The number of thiocarbonyl (C=S) groups is 1. The van der Waals surface area contributed by atoms with Crippen LogP contribution in [0, 0.1) is 16.7 Å². The van der Waals surface area contributed by atoms with Gasteiger partial charge >= 0.3 is 0 Å². The van der Waals surface area contributed by atoms with E-state index in [0.29, 0.717) is 31.0 Å². The molecule has 2 aromatic rings. The van der Waals surface area contributed by atoms with Gasteiger partial charge in [0.25, 0.3) is 0 Å². The van der Waals surface area contributed by atoms with Crippen molar-refractivity contribution in [2.24, 2.45) is 5.41 Å². The summed E-state index contributed by atoms with van der Waals surface area (Å²) in [6.45, 7) is 7.04. The first-order valence-corrected chi connectivity index (χ1v) is 11.9. The summed E-state index contributed by atoms with van der Waals surface area (Å²) in [7, 11) is 0. The van der Waals surface area contributed by atoms with Gasteiger partial charge in [0.15, 0.2) is 0 Å². The second kappa shape index (κ2) is 9.90. The molecule has 2 saturated heterocycles. The molecule has 0 aromatic heterocycles. The molecule has 0 bridgehead atoms. The molecule has 0 aliphatic carbocycles. The van der Waals surface area contributed by atoms with E-state index in [9.17, 15) is 5.26 Å². The maximum Gasteiger partial charge on any atom is 0.131 e. The van der Waals surface area contributed by atoms with Crippen LogP contribution in [-0.2, 0) is 27.4 Å². The average molecular weight is 465 g/mol. The fourth-order valence-corrected chi connectivity index (χ4v) is 5.45. The third-order valence-electron chi connectivity index (χ3n) is 7.21. The van der Waals surface area contributed by atoms with Gasteiger partial charge < -0.3 is 19.5 Å². The predicted octanol–water partition coefficient (Wildman–Crippen LogP) is 4.94. The van der Waals surface area contributed by atoms with E-state index in [1.807, 2.05) is 50.2 Å². The number of nitrogens with one attached hydrogen (secondary N) is 1. The molecule has 6 atom stereocenters. The fraction of sp³-hybridized carbons (Fsp3) is 0.481. The first kappa shape index (κ1) is 23.8. The van der Waals surface area contributed by atoms with Crippen LogP contribution in [-0.4, -0.2) is 34.9 Å². The quantitative estimate of drug-likeness (QED) is 0.586. The smallest absolute Gasteiger partial charge is 0.131 e. The molecule has 4 rings (SSSR count). The van der Waals surface area contributed by atoms with Crippen molar-refractivity contribution in [3.05, 3.63) is 71.8 Å². The van der Waals surface area contributed by atoms with E-state index in [4.69, 9.17) is 26.4 Å². The molecular formula is C27H32N2O3S. The third-order valence-corrected chi connectivity index (χ3v) is 7.46. The summed E-state index contributed by atoms with van der Waals surface area (Å²) in [6, 6.07) is 22.7. The lowest BCUT2D eigenvalue weighted by Crippen LogP contribution is -2.61. The molecule has 0 radical (unpaired) electrons. The van der Waals surface area contributed by atoms with E-state index in [1.54, 1.807) is 0 Å². The normalized spacial score (nSPS) is 33.9. The molecular weight excluding hydrogens is 432 g/mol. The second-order valence-corrected chi connectivity index (χ2v) is 10.0. The molecule has 2 aliphatic rings. The minimum atomic E-state index is -0.833. The molecule has 1 N–H and O–H groups in total. The zero-order chi connectivity index (χ0) is 23.5. The van der Waals surface area contributed by atoms with Crippen molar-refractivity contribution in [2.75, 3.05) is 0 Å². The van der Waals surface area contributed by atoms with Crippen molar-refractivity contribution in [3.8, 4) is 6.07 Å². The van der Waals surface area contributed by atoms with Crippen molar-refractivity contribution in [1.29, 1.82) is 5.26 Å². The lowest BCUT2D eigenvalue weighted by molar-refractivity contribution is -0.230. The Morgan fingerprint density at radius 1 is 1.00 bits per heavy atom. The minimum absolute atomic E-state index is 0.111. The number of hydrogen-bond acceptors (Lipinski definition) is 5. The Bertz CT molecular complexity index is 995. The number of benzene rings is 2. The van der Waals surface area contributed by atoms with Crippen molar-refractivity contribution in [1.82, 2.24) is 5.32 Å². The molecule has 0 spiro atoms.